The molecule has 0 spiro atoms. The molecule has 1 N–H and O–H groups in total. The summed E-state index contributed by atoms with van der Waals surface area (Å²) in [5.41, 5.74) is 0. The zero-order valence-electron chi connectivity index (χ0n) is 12.9. The third-order valence-electron chi connectivity index (χ3n) is 3.75. The van der Waals surface area contributed by atoms with Crippen LogP contribution in [0.1, 0.15) is 33.6 Å². The maximum absolute atomic E-state index is 12.0. The average molecular weight is 310 g/mol. The molecular weight excluding hydrogens is 285 g/mol. The summed E-state index contributed by atoms with van der Waals surface area (Å²) in [5, 5.41) is 2.66. The molecule has 0 aromatic heterocycles. The molecule has 124 valence electrons. The minimum Gasteiger partial charge on any atom is -0.359 e. The predicted octanol–water partition coefficient (Wildman–Crippen LogP) is 2.19. The molecule has 0 bridgehead atoms. The van der Waals surface area contributed by atoms with Gasteiger partial charge in [0.1, 0.15) is 12.7 Å². The van der Waals surface area contributed by atoms with Gasteiger partial charge >= 0.3 is 6.18 Å². The van der Waals surface area contributed by atoms with Crippen molar-refractivity contribution in [3.8, 4) is 0 Å². The highest BCUT2D eigenvalue weighted by molar-refractivity contribution is 5.80. The number of halogens is 3. The first-order valence-electron chi connectivity index (χ1n) is 7.39. The van der Waals surface area contributed by atoms with E-state index in [4.69, 9.17) is 0 Å². The summed E-state index contributed by atoms with van der Waals surface area (Å²) in [5.74, 6) is 0.141. The predicted molar refractivity (Wildman–Crippen MR) is 73.9 cm³/mol. The number of alkyl halides is 3. The van der Waals surface area contributed by atoms with Crippen LogP contribution in [0, 0.1) is 5.92 Å². The molecule has 3 atom stereocenters. The van der Waals surface area contributed by atoms with Crippen LogP contribution in [0.25, 0.3) is 0 Å². The second kappa shape index (κ2) is 7.98. The van der Waals surface area contributed by atoms with Gasteiger partial charge in [0.2, 0.25) is 5.91 Å². The van der Waals surface area contributed by atoms with E-state index in [1.54, 1.807) is 0 Å². The second-order valence-corrected chi connectivity index (χ2v) is 5.90. The molecule has 0 radical (unpaired) electrons. The van der Waals surface area contributed by atoms with E-state index in [-0.39, 0.29) is 6.04 Å². The molecule has 1 heterocycles. The van der Waals surface area contributed by atoms with E-state index in [0.717, 1.165) is 19.5 Å². The maximum atomic E-state index is 12.0. The number of hydrogen-bond donors (Lipinski definition) is 1. The molecule has 4 nitrogen and oxygen atoms in total. The molecular formula is C14H25F3N2O2. The Morgan fingerprint density at radius 3 is 2.67 bits per heavy atom. The molecule has 0 aromatic rings. The van der Waals surface area contributed by atoms with Gasteiger partial charge in [0.25, 0.3) is 0 Å². The Morgan fingerprint density at radius 1 is 1.43 bits per heavy atom. The van der Waals surface area contributed by atoms with E-state index in [9.17, 15) is 18.0 Å². The third kappa shape index (κ3) is 7.13. The van der Waals surface area contributed by atoms with E-state index in [1.807, 2.05) is 6.92 Å². The van der Waals surface area contributed by atoms with Crippen molar-refractivity contribution in [1.29, 1.82) is 0 Å². The van der Waals surface area contributed by atoms with Gasteiger partial charge in [-0.2, -0.15) is 13.2 Å². The highest BCUT2D eigenvalue weighted by atomic mass is 19.4. The van der Waals surface area contributed by atoms with Crippen LogP contribution in [0.2, 0.25) is 0 Å². The van der Waals surface area contributed by atoms with Crippen LogP contribution < -0.4 is 5.32 Å². The van der Waals surface area contributed by atoms with Crippen LogP contribution >= 0.6 is 0 Å². The Kier molecular flexibility index (Phi) is 6.93. The van der Waals surface area contributed by atoms with Crippen LogP contribution in [0.4, 0.5) is 13.2 Å². The first kappa shape index (κ1) is 18.2. The molecule has 0 unspecified atom stereocenters. The van der Waals surface area contributed by atoms with Crippen LogP contribution in [0.15, 0.2) is 0 Å². The third-order valence-corrected chi connectivity index (χ3v) is 3.75. The molecule has 0 aliphatic carbocycles. The van der Waals surface area contributed by atoms with Gasteiger partial charge in [0.15, 0.2) is 0 Å². The van der Waals surface area contributed by atoms with Crippen molar-refractivity contribution in [3.63, 3.8) is 0 Å². The lowest BCUT2D eigenvalue weighted by Gasteiger charge is -2.35. The fraction of sp³-hybridized carbons (Fsp3) is 0.929. The van der Waals surface area contributed by atoms with Gasteiger partial charge in [-0.3, -0.25) is 9.69 Å². The van der Waals surface area contributed by atoms with Crippen LogP contribution in [-0.4, -0.2) is 55.4 Å². The molecule has 1 aliphatic heterocycles. The van der Waals surface area contributed by atoms with Crippen molar-refractivity contribution in [2.75, 3.05) is 26.2 Å². The first-order chi connectivity index (χ1) is 9.69. The van der Waals surface area contributed by atoms with Crippen LogP contribution in [0.5, 0.6) is 0 Å². The Balaban J connectivity index is 2.28. The van der Waals surface area contributed by atoms with Crippen molar-refractivity contribution in [2.24, 2.45) is 5.92 Å². The van der Waals surface area contributed by atoms with Gasteiger partial charge in [-0.15, -0.1) is 0 Å². The number of amides is 1. The average Bonchev–Trinajstić information content (AvgIpc) is 2.40. The van der Waals surface area contributed by atoms with Crippen molar-refractivity contribution < 1.29 is 22.7 Å². The molecule has 21 heavy (non-hydrogen) atoms. The number of hydrogen-bond acceptors (Lipinski definition) is 3. The number of ether oxygens (including phenoxy) is 1. The fourth-order valence-electron chi connectivity index (χ4n) is 2.44. The van der Waals surface area contributed by atoms with Gasteiger partial charge in [-0.25, -0.2) is 0 Å². The summed E-state index contributed by atoms with van der Waals surface area (Å²) in [4.78, 5) is 14.0. The highest BCUT2D eigenvalue weighted by Gasteiger charge is 2.30. The van der Waals surface area contributed by atoms with E-state index >= 15 is 0 Å². The molecule has 1 amide bonds. The Morgan fingerprint density at radius 2 is 2.10 bits per heavy atom. The molecule has 7 heteroatoms. The number of rotatable bonds is 6. The number of likely N-dealkylation sites (tertiary alicyclic amines) is 1. The monoisotopic (exact) mass is 310 g/mol. The number of carbonyl (C=O) groups is 1. The second-order valence-electron chi connectivity index (χ2n) is 5.90. The number of carbonyl (C=O) groups excluding carboxylic acids is 1. The molecule has 1 aliphatic rings. The van der Waals surface area contributed by atoms with E-state index in [0.29, 0.717) is 12.5 Å². The fourth-order valence-corrected chi connectivity index (χ4v) is 2.44. The topological polar surface area (TPSA) is 41.6 Å². The molecule has 0 aromatic carbocycles. The van der Waals surface area contributed by atoms with Crippen molar-refractivity contribution in [1.82, 2.24) is 10.2 Å². The summed E-state index contributed by atoms with van der Waals surface area (Å²) in [7, 11) is 0. The normalized spacial score (nSPS) is 23.6. The lowest BCUT2D eigenvalue weighted by molar-refractivity contribution is -0.185. The van der Waals surface area contributed by atoms with Crippen LogP contribution in [-0.2, 0) is 9.53 Å². The van der Waals surface area contributed by atoms with E-state index in [1.165, 1.54) is 13.3 Å². The summed E-state index contributed by atoms with van der Waals surface area (Å²) in [6.45, 7) is 6.56. The summed E-state index contributed by atoms with van der Waals surface area (Å²) in [6.07, 6.45) is -3.15. The Labute approximate surface area is 124 Å². The minimum atomic E-state index is -4.41. The summed E-state index contributed by atoms with van der Waals surface area (Å²) < 4.78 is 40.5. The Hall–Kier alpha value is -0.820. The number of nitrogens with zero attached hydrogens (tertiary/aromatic N) is 1. The molecule has 0 saturated carbocycles. The first-order valence-corrected chi connectivity index (χ1v) is 7.39. The lowest BCUT2D eigenvalue weighted by atomic mass is 9.99. The molecule has 1 saturated heterocycles. The maximum Gasteiger partial charge on any atom is 0.411 e. The smallest absolute Gasteiger partial charge is 0.359 e. The van der Waals surface area contributed by atoms with Gasteiger partial charge in [-0.05, 0) is 39.2 Å². The Bertz CT molecular complexity index is 337. The highest BCUT2D eigenvalue weighted by Crippen LogP contribution is 2.17. The quantitative estimate of drug-likeness (QED) is 0.818. The van der Waals surface area contributed by atoms with Gasteiger partial charge in [0, 0.05) is 19.1 Å². The zero-order chi connectivity index (χ0) is 16.0. The summed E-state index contributed by atoms with van der Waals surface area (Å²) >= 11 is 0. The van der Waals surface area contributed by atoms with E-state index < -0.39 is 24.8 Å². The zero-order valence-corrected chi connectivity index (χ0v) is 12.9. The summed E-state index contributed by atoms with van der Waals surface area (Å²) in [6, 6.07) is 0.173. The lowest BCUT2D eigenvalue weighted by Crippen LogP contribution is -2.48. The van der Waals surface area contributed by atoms with Gasteiger partial charge in [0.05, 0.1) is 0 Å². The number of nitrogens with one attached hydrogen (secondary N) is 1. The standard InChI is InChI=1S/C14H25F3N2O2/c1-10-5-4-6-19(8-10)11(2)7-18-13(20)12(3)21-9-14(15,16)17/h10-12H,4-9H2,1-3H3,(H,18,20)/t10-,11+,12-/m1/s1. The number of piperidine rings is 1. The van der Waals surface area contributed by atoms with E-state index in [2.05, 4.69) is 21.9 Å². The molecule has 1 fully saturated rings. The minimum absolute atomic E-state index is 0.173. The van der Waals surface area contributed by atoms with Crippen molar-refractivity contribution in [2.45, 2.75) is 51.9 Å². The van der Waals surface area contributed by atoms with Crippen molar-refractivity contribution in [3.05, 3.63) is 0 Å². The molecule has 1 rings (SSSR count). The van der Waals surface area contributed by atoms with Crippen molar-refractivity contribution >= 4 is 5.91 Å². The van der Waals surface area contributed by atoms with Gasteiger partial charge < -0.3 is 10.1 Å². The largest absolute Gasteiger partial charge is 0.411 e. The van der Waals surface area contributed by atoms with Crippen LogP contribution in [0.3, 0.4) is 0 Å². The SMILES string of the molecule is C[C@@H]1CCCN([C@@H](C)CNC(=O)[C@@H](C)OCC(F)(F)F)C1. The van der Waals surface area contributed by atoms with Gasteiger partial charge in [-0.1, -0.05) is 6.92 Å².